The van der Waals surface area contributed by atoms with Gasteiger partial charge < -0.3 is 10.1 Å². The Labute approximate surface area is 176 Å². The van der Waals surface area contributed by atoms with E-state index in [1.807, 2.05) is 26.0 Å². The molecule has 150 valence electrons. The first-order chi connectivity index (χ1) is 13.8. The smallest absolute Gasteiger partial charge is 0.338 e. The molecule has 8 heteroatoms. The largest absolute Gasteiger partial charge is 0.452 e. The van der Waals surface area contributed by atoms with Crippen LogP contribution in [-0.4, -0.2) is 30.3 Å². The van der Waals surface area contributed by atoms with E-state index in [0.717, 1.165) is 20.5 Å². The van der Waals surface area contributed by atoms with Gasteiger partial charge in [-0.2, -0.15) is 0 Å². The first kappa shape index (κ1) is 20.7. The first-order valence-corrected chi connectivity index (χ1v) is 9.75. The average Bonchev–Trinajstić information content (AvgIpc) is 3.02. The fraction of sp³-hybridized carbons (Fsp3) is 0.238. The number of anilines is 2. The number of imide groups is 1. The third-order valence-electron chi connectivity index (χ3n) is 4.47. The Hall–Kier alpha value is -3.00. The lowest BCUT2D eigenvalue weighted by Gasteiger charge is -2.14. The highest BCUT2D eigenvalue weighted by Crippen LogP contribution is 2.25. The van der Waals surface area contributed by atoms with Gasteiger partial charge in [-0.05, 0) is 61.4 Å². The highest BCUT2D eigenvalue weighted by molar-refractivity contribution is 9.10. The summed E-state index contributed by atoms with van der Waals surface area (Å²) in [5.74, 6) is -1.65. The number of nitrogens with zero attached hydrogens (tertiary/aromatic N) is 1. The zero-order valence-electron chi connectivity index (χ0n) is 16.0. The Morgan fingerprint density at radius 2 is 1.59 bits per heavy atom. The predicted molar refractivity (Wildman–Crippen MR) is 111 cm³/mol. The van der Waals surface area contributed by atoms with E-state index in [1.54, 1.807) is 0 Å². The summed E-state index contributed by atoms with van der Waals surface area (Å²) in [5, 5.41) is 2.69. The van der Waals surface area contributed by atoms with E-state index < -0.39 is 18.5 Å². The van der Waals surface area contributed by atoms with Crippen molar-refractivity contribution < 1.29 is 23.9 Å². The molecular formula is C21H19BrN2O5. The molecule has 0 bridgehead atoms. The molecular weight excluding hydrogens is 440 g/mol. The van der Waals surface area contributed by atoms with Crippen LogP contribution in [0.25, 0.3) is 0 Å². The summed E-state index contributed by atoms with van der Waals surface area (Å²) in [6, 6.07) is 9.55. The normalized spacial score (nSPS) is 13.6. The van der Waals surface area contributed by atoms with Crippen LogP contribution in [0.2, 0.25) is 0 Å². The van der Waals surface area contributed by atoms with Crippen LogP contribution in [0.1, 0.15) is 34.3 Å². The van der Waals surface area contributed by atoms with Gasteiger partial charge in [-0.15, -0.1) is 0 Å². The van der Waals surface area contributed by atoms with Gasteiger partial charge in [0, 0.05) is 23.0 Å². The van der Waals surface area contributed by atoms with Crippen LogP contribution in [-0.2, 0) is 19.1 Å². The minimum atomic E-state index is -0.672. The predicted octanol–water partition coefficient (Wildman–Crippen LogP) is 3.51. The fourth-order valence-corrected chi connectivity index (χ4v) is 3.27. The summed E-state index contributed by atoms with van der Waals surface area (Å²) in [5.41, 5.74) is 3.21. The van der Waals surface area contributed by atoms with Gasteiger partial charge in [-0.3, -0.25) is 19.3 Å². The molecule has 0 atom stereocenters. The van der Waals surface area contributed by atoms with Gasteiger partial charge in [-0.1, -0.05) is 15.9 Å². The third-order valence-corrected chi connectivity index (χ3v) is 5.72. The van der Waals surface area contributed by atoms with Crippen molar-refractivity contribution in [3.05, 3.63) is 57.6 Å². The first-order valence-electron chi connectivity index (χ1n) is 8.96. The molecule has 0 spiro atoms. The van der Waals surface area contributed by atoms with Gasteiger partial charge in [0.2, 0.25) is 11.8 Å². The summed E-state index contributed by atoms with van der Waals surface area (Å²) in [6.07, 6.45) is 0.379. The van der Waals surface area contributed by atoms with Crippen LogP contribution in [0, 0.1) is 13.8 Å². The molecule has 7 nitrogen and oxygen atoms in total. The second-order valence-electron chi connectivity index (χ2n) is 6.72. The summed E-state index contributed by atoms with van der Waals surface area (Å²) in [4.78, 5) is 48.9. The lowest BCUT2D eigenvalue weighted by molar-refractivity contribution is -0.121. The highest BCUT2D eigenvalue weighted by atomic mass is 79.9. The summed E-state index contributed by atoms with van der Waals surface area (Å²) >= 11 is 3.47. The van der Waals surface area contributed by atoms with Gasteiger partial charge in [0.1, 0.15) is 0 Å². The fourth-order valence-electron chi connectivity index (χ4n) is 3.04. The van der Waals surface area contributed by atoms with Crippen LogP contribution < -0.4 is 10.2 Å². The minimum absolute atomic E-state index is 0.190. The molecule has 3 amide bonds. The molecule has 0 unspecified atom stereocenters. The monoisotopic (exact) mass is 458 g/mol. The number of ether oxygens (including phenoxy) is 1. The van der Waals surface area contributed by atoms with Crippen molar-refractivity contribution in [1.82, 2.24) is 0 Å². The quantitative estimate of drug-likeness (QED) is 0.546. The van der Waals surface area contributed by atoms with Crippen molar-refractivity contribution in [2.75, 3.05) is 16.8 Å². The molecule has 1 N–H and O–H groups in total. The van der Waals surface area contributed by atoms with E-state index in [-0.39, 0.29) is 30.2 Å². The average molecular weight is 459 g/mol. The van der Waals surface area contributed by atoms with Crippen molar-refractivity contribution in [2.24, 2.45) is 0 Å². The third kappa shape index (κ3) is 4.71. The molecule has 1 saturated heterocycles. The molecule has 0 saturated carbocycles. The van der Waals surface area contributed by atoms with E-state index in [2.05, 4.69) is 21.2 Å². The van der Waals surface area contributed by atoms with Crippen LogP contribution in [0.4, 0.5) is 11.4 Å². The number of halogens is 1. The number of esters is 1. The van der Waals surface area contributed by atoms with Gasteiger partial charge in [0.15, 0.2) is 6.61 Å². The molecule has 1 heterocycles. The standard InChI is InChI=1S/C21H19BrN2O5/c1-12-9-15(10-13(2)20(12)22)23-17(25)11-29-21(28)14-3-5-16(6-4-14)24-18(26)7-8-19(24)27/h3-6,9-10H,7-8,11H2,1-2H3,(H,23,25). The van der Waals surface area contributed by atoms with E-state index in [1.165, 1.54) is 24.3 Å². The second kappa shape index (κ2) is 8.57. The molecule has 0 radical (unpaired) electrons. The maximum atomic E-state index is 12.2. The zero-order chi connectivity index (χ0) is 21.1. The van der Waals surface area contributed by atoms with Crippen molar-refractivity contribution in [1.29, 1.82) is 0 Å². The number of carbonyl (C=O) groups excluding carboxylic acids is 4. The Bertz CT molecular complexity index is 962. The summed E-state index contributed by atoms with van der Waals surface area (Å²) < 4.78 is 6.02. The Morgan fingerprint density at radius 3 is 2.14 bits per heavy atom. The molecule has 29 heavy (non-hydrogen) atoms. The highest BCUT2D eigenvalue weighted by Gasteiger charge is 2.30. The molecule has 2 aromatic carbocycles. The number of rotatable bonds is 5. The molecule has 1 aliphatic rings. The van der Waals surface area contributed by atoms with E-state index >= 15 is 0 Å². The topological polar surface area (TPSA) is 92.8 Å². The van der Waals surface area contributed by atoms with Crippen LogP contribution in [0.5, 0.6) is 0 Å². The van der Waals surface area contributed by atoms with E-state index in [9.17, 15) is 19.2 Å². The number of benzene rings is 2. The summed E-state index contributed by atoms with van der Waals surface area (Å²) in [6.45, 7) is 3.40. The lowest BCUT2D eigenvalue weighted by Crippen LogP contribution is -2.28. The number of aryl methyl sites for hydroxylation is 2. The van der Waals surface area contributed by atoms with Crippen molar-refractivity contribution in [2.45, 2.75) is 26.7 Å². The number of carbonyl (C=O) groups is 4. The maximum absolute atomic E-state index is 12.2. The summed E-state index contributed by atoms with van der Waals surface area (Å²) in [7, 11) is 0. The van der Waals surface area contributed by atoms with Gasteiger partial charge >= 0.3 is 5.97 Å². The van der Waals surface area contributed by atoms with Gasteiger partial charge in [-0.25, -0.2) is 4.79 Å². The lowest BCUT2D eigenvalue weighted by atomic mass is 10.1. The molecule has 0 aliphatic carbocycles. The van der Waals surface area contributed by atoms with Crippen LogP contribution in [0.3, 0.4) is 0 Å². The zero-order valence-corrected chi connectivity index (χ0v) is 17.5. The van der Waals surface area contributed by atoms with Crippen molar-refractivity contribution >= 4 is 51.0 Å². The SMILES string of the molecule is Cc1cc(NC(=O)COC(=O)c2ccc(N3C(=O)CCC3=O)cc2)cc(C)c1Br. The minimum Gasteiger partial charge on any atom is -0.452 e. The van der Waals surface area contributed by atoms with Crippen LogP contribution in [0.15, 0.2) is 40.9 Å². The Kier molecular flexibility index (Phi) is 6.12. The molecule has 0 aromatic heterocycles. The van der Waals surface area contributed by atoms with E-state index in [4.69, 9.17) is 4.74 Å². The molecule has 1 aliphatic heterocycles. The number of hydrogen-bond acceptors (Lipinski definition) is 5. The Morgan fingerprint density at radius 1 is 1.03 bits per heavy atom. The number of nitrogens with one attached hydrogen (secondary N) is 1. The van der Waals surface area contributed by atoms with Gasteiger partial charge in [0.05, 0.1) is 11.3 Å². The molecule has 3 rings (SSSR count). The van der Waals surface area contributed by atoms with Crippen molar-refractivity contribution in [3.8, 4) is 0 Å². The van der Waals surface area contributed by atoms with Crippen LogP contribution >= 0.6 is 15.9 Å². The molecule has 2 aromatic rings. The Balaban J connectivity index is 1.57. The maximum Gasteiger partial charge on any atom is 0.338 e. The van der Waals surface area contributed by atoms with Crippen molar-refractivity contribution in [3.63, 3.8) is 0 Å². The van der Waals surface area contributed by atoms with Gasteiger partial charge in [0.25, 0.3) is 5.91 Å². The second-order valence-corrected chi connectivity index (χ2v) is 7.51. The molecule has 1 fully saturated rings. The van der Waals surface area contributed by atoms with E-state index in [0.29, 0.717) is 11.4 Å². The number of hydrogen-bond donors (Lipinski definition) is 1. The number of amides is 3.